The van der Waals surface area contributed by atoms with Crippen LogP contribution in [-0.2, 0) is 0 Å². The molecule has 10 heavy (non-hydrogen) atoms. The lowest BCUT2D eigenvalue weighted by molar-refractivity contribution is -0.114. The van der Waals surface area contributed by atoms with Gasteiger partial charge in [0.2, 0.25) is 0 Å². The van der Waals surface area contributed by atoms with E-state index in [1.807, 2.05) is 0 Å². The van der Waals surface area contributed by atoms with Crippen molar-refractivity contribution in [2.24, 2.45) is 11.5 Å². The molecule has 0 unspecified atom stereocenters. The van der Waals surface area contributed by atoms with Crippen molar-refractivity contribution in [2.75, 3.05) is 0 Å². The maximum Gasteiger partial charge on any atom is 0.268 e. The fourth-order valence-corrected chi connectivity index (χ4v) is 1.26. The Balaban J connectivity index is 2.78. The predicted octanol–water partition coefficient (Wildman–Crippen LogP) is -1.11. The van der Waals surface area contributed by atoms with Crippen molar-refractivity contribution in [3.05, 3.63) is 11.3 Å². The van der Waals surface area contributed by atoms with Gasteiger partial charge in [-0.2, -0.15) is 0 Å². The van der Waals surface area contributed by atoms with Crippen molar-refractivity contribution >= 4 is 5.84 Å². The van der Waals surface area contributed by atoms with Crippen LogP contribution in [-0.4, -0.2) is 5.84 Å². The SMILES string of the molecule is NC(=[NH2+])C1=C(N)CCCC1. The minimum Gasteiger partial charge on any atom is -0.402 e. The van der Waals surface area contributed by atoms with Crippen LogP contribution in [0.1, 0.15) is 25.7 Å². The Labute approximate surface area is 60.6 Å². The Kier molecular flexibility index (Phi) is 1.94. The van der Waals surface area contributed by atoms with Gasteiger partial charge in [0, 0.05) is 5.70 Å². The molecule has 56 valence electrons. The fourth-order valence-electron chi connectivity index (χ4n) is 1.26. The third-order valence-corrected chi connectivity index (χ3v) is 1.86. The minimum atomic E-state index is 0.400. The Bertz CT molecular complexity index is 181. The van der Waals surface area contributed by atoms with Gasteiger partial charge in [-0.3, -0.25) is 11.1 Å². The molecular formula is C7H14N3+. The van der Waals surface area contributed by atoms with Gasteiger partial charge >= 0.3 is 0 Å². The average Bonchev–Trinajstić information content (AvgIpc) is 1.88. The summed E-state index contributed by atoms with van der Waals surface area (Å²) in [5, 5.41) is 5.41. The lowest BCUT2D eigenvalue weighted by atomic mass is 9.96. The first kappa shape index (κ1) is 7.12. The summed E-state index contributed by atoms with van der Waals surface area (Å²) in [5.41, 5.74) is 13.0. The number of rotatable bonds is 1. The third kappa shape index (κ3) is 1.29. The van der Waals surface area contributed by atoms with Crippen LogP contribution in [0.4, 0.5) is 0 Å². The number of amidine groups is 1. The molecule has 0 heterocycles. The number of hydrogen-bond donors (Lipinski definition) is 3. The highest BCUT2D eigenvalue weighted by atomic mass is 14.7. The highest BCUT2D eigenvalue weighted by molar-refractivity contribution is 5.92. The topological polar surface area (TPSA) is 77.6 Å². The van der Waals surface area contributed by atoms with Gasteiger partial charge in [-0.25, -0.2) is 0 Å². The minimum absolute atomic E-state index is 0.400. The summed E-state index contributed by atoms with van der Waals surface area (Å²) in [7, 11) is 0. The molecule has 0 aromatic rings. The first-order chi connectivity index (χ1) is 4.72. The molecule has 3 heteroatoms. The lowest BCUT2D eigenvalue weighted by Gasteiger charge is -2.12. The summed E-state index contributed by atoms with van der Waals surface area (Å²) in [6.07, 6.45) is 4.23. The van der Waals surface area contributed by atoms with E-state index in [0.29, 0.717) is 5.84 Å². The second kappa shape index (κ2) is 2.73. The van der Waals surface area contributed by atoms with Gasteiger partial charge in [0.25, 0.3) is 5.84 Å². The zero-order chi connectivity index (χ0) is 7.56. The molecule has 0 aromatic carbocycles. The Morgan fingerprint density at radius 2 is 1.90 bits per heavy atom. The molecule has 0 saturated heterocycles. The van der Waals surface area contributed by atoms with E-state index < -0.39 is 0 Å². The molecule has 0 bridgehead atoms. The molecule has 0 fully saturated rings. The van der Waals surface area contributed by atoms with Crippen molar-refractivity contribution in [3.8, 4) is 0 Å². The van der Waals surface area contributed by atoms with Crippen LogP contribution in [0.2, 0.25) is 0 Å². The highest BCUT2D eigenvalue weighted by Gasteiger charge is 2.14. The van der Waals surface area contributed by atoms with Crippen molar-refractivity contribution in [1.82, 2.24) is 0 Å². The van der Waals surface area contributed by atoms with Crippen LogP contribution in [0.25, 0.3) is 0 Å². The van der Waals surface area contributed by atoms with Crippen LogP contribution < -0.4 is 16.9 Å². The van der Waals surface area contributed by atoms with Crippen LogP contribution in [0, 0.1) is 0 Å². The van der Waals surface area contributed by atoms with Crippen molar-refractivity contribution in [1.29, 1.82) is 0 Å². The molecule has 3 nitrogen and oxygen atoms in total. The maximum absolute atomic E-state index is 5.68. The molecular weight excluding hydrogens is 126 g/mol. The zero-order valence-electron chi connectivity index (χ0n) is 6.06. The average molecular weight is 140 g/mol. The van der Waals surface area contributed by atoms with E-state index >= 15 is 0 Å². The molecule has 6 N–H and O–H groups in total. The molecule has 0 radical (unpaired) electrons. The standard InChI is InChI=1S/C7H13N3/c8-6-4-2-1-3-5(6)7(9)10/h1-4,8H2,(H3,9,10)/p+1. The van der Waals surface area contributed by atoms with Gasteiger partial charge in [0.15, 0.2) is 0 Å². The number of nitrogens with two attached hydrogens (primary N) is 3. The summed E-state index contributed by atoms with van der Waals surface area (Å²) in [5.74, 6) is 0.400. The van der Waals surface area contributed by atoms with Crippen LogP contribution in [0.5, 0.6) is 0 Å². The van der Waals surface area contributed by atoms with Crippen LogP contribution in [0.15, 0.2) is 11.3 Å². The van der Waals surface area contributed by atoms with E-state index in [1.54, 1.807) is 0 Å². The van der Waals surface area contributed by atoms with Crippen molar-refractivity contribution in [2.45, 2.75) is 25.7 Å². The summed E-state index contributed by atoms with van der Waals surface area (Å²) in [6.45, 7) is 0. The van der Waals surface area contributed by atoms with E-state index in [4.69, 9.17) is 16.9 Å². The molecule has 1 rings (SSSR count). The number of allylic oxidation sites excluding steroid dienone is 1. The maximum atomic E-state index is 5.68. The molecule has 1 aliphatic carbocycles. The van der Waals surface area contributed by atoms with Gasteiger partial charge in [-0.1, -0.05) is 0 Å². The molecule has 0 atom stereocenters. The third-order valence-electron chi connectivity index (χ3n) is 1.86. The summed E-state index contributed by atoms with van der Waals surface area (Å²) >= 11 is 0. The van der Waals surface area contributed by atoms with Crippen molar-refractivity contribution < 1.29 is 5.41 Å². The Hall–Kier alpha value is -0.990. The monoisotopic (exact) mass is 140 g/mol. The lowest BCUT2D eigenvalue weighted by Crippen LogP contribution is -2.47. The molecule has 0 saturated carbocycles. The summed E-state index contributed by atoms with van der Waals surface area (Å²) in [4.78, 5) is 0. The first-order valence-corrected chi connectivity index (χ1v) is 3.57. The van der Waals surface area contributed by atoms with E-state index in [0.717, 1.165) is 30.5 Å². The fraction of sp³-hybridized carbons (Fsp3) is 0.571. The van der Waals surface area contributed by atoms with Gasteiger partial charge in [-0.05, 0) is 25.7 Å². The van der Waals surface area contributed by atoms with E-state index in [-0.39, 0.29) is 0 Å². The quantitative estimate of drug-likeness (QED) is 0.319. The molecule has 0 amide bonds. The second-order valence-electron chi connectivity index (χ2n) is 2.67. The van der Waals surface area contributed by atoms with Gasteiger partial charge < -0.3 is 5.73 Å². The second-order valence-corrected chi connectivity index (χ2v) is 2.67. The van der Waals surface area contributed by atoms with Crippen LogP contribution >= 0.6 is 0 Å². The number of hydrogen-bond acceptors (Lipinski definition) is 1. The predicted molar refractivity (Wildman–Crippen MR) is 40.8 cm³/mol. The summed E-state index contributed by atoms with van der Waals surface area (Å²) in [6, 6.07) is 0. The van der Waals surface area contributed by atoms with Crippen molar-refractivity contribution in [3.63, 3.8) is 0 Å². The van der Waals surface area contributed by atoms with Gasteiger partial charge in [0.05, 0.1) is 5.57 Å². The zero-order valence-corrected chi connectivity index (χ0v) is 6.06. The normalized spacial score (nSPS) is 19.2. The molecule has 0 aromatic heterocycles. The Morgan fingerprint density at radius 3 is 2.30 bits per heavy atom. The van der Waals surface area contributed by atoms with E-state index in [1.165, 1.54) is 6.42 Å². The molecule has 0 spiro atoms. The molecule has 1 aliphatic rings. The van der Waals surface area contributed by atoms with E-state index in [2.05, 4.69) is 0 Å². The first-order valence-electron chi connectivity index (χ1n) is 3.57. The Morgan fingerprint density at radius 1 is 1.30 bits per heavy atom. The summed E-state index contributed by atoms with van der Waals surface area (Å²) < 4.78 is 0. The van der Waals surface area contributed by atoms with Gasteiger partial charge in [-0.15, -0.1) is 0 Å². The van der Waals surface area contributed by atoms with Crippen LogP contribution in [0.3, 0.4) is 0 Å². The highest BCUT2D eigenvalue weighted by Crippen LogP contribution is 2.19. The van der Waals surface area contributed by atoms with Gasteiger partial charge in [0.1, 0.15) is 0 Å². The smallest absolute Gasteiger partial charge is 0.268 e. The largest absolute Gasteiger partial charge is 0.402 e. The van der Waals surface area contributed by atoms with E-state index in [9.17, 15) is 0 Å². The molecule has 0 aliphatic heterocycles.